The topological polar surface area (TPSA) is 26.3 Å². The van der Waals surface area contributed by atoms with E-state index in [4.69, 9.17) is 16.3 Å². The number of carbonyl (C=O) groups excluding carboxylic acids is 1. The molecule has 0 bridgehead atoms. The Morgan fingerprint density at radius 3 is 2.53 bits per heavy atom. The number of rotatable bonds is 4. The van der Waals surface area contributed by atoms with Crippen LogP contribution in [0.5, 0.6) is 5.75 Å². The summed E-state index contributed by atoms with van der Waals surface area (Å²) in [5.41, 5.74) is 2.53. The second-order valence-corrected chi connectivity index (χ2v) is 4.62. The van der Waals surface area contributed by atoms with Crippen LogP contribution in [-0.4, -0.2) is 12.4 Å². The maximum atomic E-state index is 11.3. The van der Waals surface area contributed by atoms with E-state index in [1.54, 1.807) is 6.07 Å². The predicted octanol–water partition coefficient (Wildman–Crippen LogP) is 4.61. The lowest BCUT2D eigenvalue weighted by molar-refractivity contribution is 0.101. The van der Waals surface area contributed by atoms with E-state index in [9.17, 15) is 4.79 Å². The van der Waals surface area contributed by atoms with Crippen molar-refractivity contribution in [1.82, 2.24) is 0 Å². The largest absolute Gasteiger partial charge is 0.494 e. The zero-order chi connectivity index (χ0) is 13.8. The van der Waals surface area contributed by atoms with Gasteiger partial charge in [0, 0.05) is 5.56 Å². The van der Waals surface area contributed by atoms with Crippen molar-refractivity contribution in [2.24, 2.45) is 0 Å². The Bertz CT molecular complexity index is 605. The number of Topliss-reactive ketones (excluding diaryl/α,β-unsaturated/α-hetero) is 1. The minimum absolute atomic E-state index is 0.0281. The van der Waals surface area contributed by atoms with E-state index in [1.165, 1.54) is 6.92 Å². The van der Waals surface area contributed by atoms with Gasteiger partial charge in [-0.2, -0.15) is 0 Å². The lowest BCUT2D eigenvalue weighted by Gasteiger charge is -2.08. The van der Waals surface area contributed by atoms with Gasteiger partial charge in [-0.05, 0) is 49.2 Å². The molecule has 0 aliphatic rings. The van der Waals surface area contributed by atoms with E-state index < -0.39 is 0 Å². The fourth-order valence-electron chi connectivity index (χ4n) is 1.91. The first kappa shape index (κ1) is 13.6. The second kappa shape index (κ2) is 5.89. The molecule has 0 atom stereocenters. The number of ether oxygens (including phenoxy) is 1. The van der Waals surface area contributed by atoms with Crippen molar-refractivity contribution in [3.8, 4) is 16.9 Å². The summed E-state index contributed by atoms with van der Waals surface area (Å²) in [6, 6.07) is 13.3. The Labute approximate surface area is 118 Å². The van der Waals surface area contributed by atoms with Crippen molar-refractivity contribution in [2.75, 3.05) is 6.61 Å². The third kappa shape index (κ3) is 3.15. The Morgan fingerprint density at radius 2 is 1.89 bits per heavy atom. The Kier molecular flexibility index (Phi) is 4.23. The van der Waals surface area contributed by atoms with Crippen LogP contribution in [-0.2, 0) is 0 Å². The van der Waals surface area contributed by atoms with E-state index in [-0.39, 0.29) is 5.78 Å². The molecule has 2 nitrogen and oxygen atoms in total. The molecular weight excluding hydrogens is 260 g/mol. The first-order chi connectivity index (χ1) is 9.11. The minimum atomic E-state index is -0.0281. The first-order valence-corrected chi connectivity index (χ1v) is 6.53. The molecule has 2 aromatic rings. The van der Waals surface area contributed by atoms with E-state index in [0.717, 1.165) is 16.9 Å². The van der Waals surface area contributed by atoms with Crippen LogP contribution >= 0.6 is 11.6 Å². The molecule has 0 saturated heterocycles. The summed E-state index contributed by atoms with van der Waals surface area (Å²) in [5, 5.41) is 0.479. The van der Waals surface area contributed by atoms with Gasteiger partial charge in [0.1, 0.15) is 5.75 Å². The molecule has 0 aromatic heterocycles. The number of ketones is 1. The van der Waals surface area contributed by atoms with Gasteiger partial charge in [0.05, 0.1) is 11.6 Å². The van der Waals surface area contributed by atoms with Crippen molar-refractivity contribution in [3.63, 3.8) is 0 Å². The van der Waals surface area contributed by atoms with Gasteiger partial charge in [-0.1, -0.05) is 29.8 Å². The minimum Gasteiger partial charge on any atom is -0.494 e. The van der Waals surface area contributed by atoms with Crippen LogP contribution in [0.1, 0.15) is 24.2 Å². The third-order valence-corrected chi connectivity index (χ3v) is 3.14. The second-order valence-electron chi connectivity index (χ2n) is 4.21. The average molecular weight is 275 g/mol. The molecule has 0 N–H and O–H groups in total. The zero-order valence-electron chi connectivity index (χ0n) is 10.9. The molecular formula is C16H15ClO2. The van der Waals surface area contributed by atoms with Crippen LogP contribution in [0.15, 0.2) is 42.5 Å². The number of carbonyl (C=O) groups is 1. The molecule has 0 fully saturated rings. The molecule has 0 heterocycles. The molecule has 0 amide bonds. The van der Waals surface area contributed by atoms with E-state index in [1.807, 2.05) is 43.3 Å². The van der Waals surface area contributed by atoms with E-state index >= 15 is 0 Å². The molecule has 3 heteroatoms. The fourth-order valence-corrected chi connectivity index (χ4v) is 2.23. The summed E-state index contributed by atoms with van der Waals surface area (Å²) in [6.45, 7) is 4.09. The van der Waals surface area contributed by atoms with Crippen molar-refractivity contribution in [1.29, 1.82) is 0 Å². The summed E-state index contributed by atoms with van der Waals surface area (Å²) in [4.78, 5) is 11.3. The van der Waals surface area contributed by atoms with Crippen LogP contribution in [0.25, 0.3) is 11.1 Å². The maximum absolute atomic E-state index is 11.3. The highest BCUT2D eigenvalue weighted by Crippen LogP contribution is 2.28. The van der Waals surface area contributed by atoms with Gasteiger partial charge in [0.25, 0.3) is 0 Å². The molecule has 0 unspecified atom stereocenters. The number of benzene rings is 2. The molecule has 0 aliphatic carbocycles. The molecule has 98 valence electrons. The van der Waals surface area contributed by atoms with Crippen LogP contribution in [0.4, 0.5) is 0 Å². The number of hydrogen-bond donors (Lipinski definition) is 0. The standard InChI is InChI=1S/C16H15ClO2/c1-3-19-14-6-4-5-12(9-14)13-7-8-15(11(2)18)16(17)10-13/h4-10H,3H2,1-2H3. The SMILES string of the molecule is CCOc1cccc(-c2ccc(C(C)=O)c(Cl)c2)c1. The summed E-state index contributed by atoms with van der Waals surface area (Å²) < 4.78 is 5.47. The van der Waals surface area contributed by atoms with Crippen LogP contribution in [0.3, 0.4) is 0 Å². The Morgan fingerprint density at radius 1 is 1.16 bits per heavy atom. The average Bonchev–Trinajstić information content (AvgIpc) is 2.39. The first-order valence-electron chi connectivity index (χ1n) is 6.15. The summed E-state index contributed by atoms with van der Waals surface area (Å²) in [7, 11) is 0. The van der Waals surface area contributed by atoms with Gasteiger partial charge in [-0.15, -0.1) is 0 Å². The monoisotopic (exact) mass is 274 g/mol. The maximum Gasteiger partial charge on any atom is 0.161 e. The quantitative estimate of drug-likeness (QED) is 0.761. The lowest BCUT2D eigenvalue weighted by Crippen LogP contribution is -1.94. The Balaban J connectivity index is 2.39. The van der Waals surface area contributed by atoms with Crippen molar-refractivity contribution in [2.45, 2.75) is 13.8 Å². The van der Waals surface area contributed by atoms with Gasteiger partial charge < -0.3 is 4.74 Å². The van der Waals surface area contributed by atoms with E-state index in [2.05, 4.69) is 0 Å². The molecule has 0 aliphatic heterocycles. The molecule has 0 saturated carbocycles. The van der Waals surface area contributed by atoms with Crippen molar-refractivity contribution < 1.29 is 9.53 Å². The lowest BCUT2D eigenvalue weighted by atomic mass is 10.0. The van der Waals surface area contributed by atoms with Crippen molar-refractivity contribution in [3.05, 3.63) is 53.1 Å². The summed E-state index contributed by atoms with van der Waals surface area (Å²) in [6.07, 6.45) is 0. The zero-order valence-corrected chi connectivity index (χ0v) is 11.7. The summed E-state index contributed by atoms with van der Waals surface area (Å²) >= 11 is 6.12. The smallest absolute Gasteiger partial charge is 0.161 e. The van der Waals surface area contributed by atoms with Gasteiger partial charge in [-0.3, -0.25) is 4.79 Å². The predicted molar refractivity (Wildman–Crippen MR) is 78.1 cm³/mol. The van der Waals surface area contributed by atoms with Gasteiger partial charge in [-0.25, -0.2) is 0 Å². The van der Waals surface area contributed by atoms with E-state index in [0.29, 0.717) is 17.2 Å². The molecule has 2 rings (SSSR count). The molecule has 0 spiro atoms. The molecule has 2 aromatic carbocycles. The molecule has 0 radical (unpaired) electrons. The van der Waals surface area contributed by atoms with Gasteiger partial charge in [0.15, 0.2) is 5.78 Å². The van der Waals surface area contributed by atoms with Crippen LogP contribution < -0.4 is 4.74 Å². The van der Waals surface area contributed by atoms with Gasteiger partial charge >= 0.3 is 0 Å². The normalized spacial score (nSPS) is 10.3. The number of hydrogen-bond acceptors (Lipinski definition) is 2. The third-order valence-electron chi connectivity index (χ3n) is 2.83. The summed E-state index contributed by atoms with van der Waals surface area (Å²) in [5.74, 6) is 0.798. The number of halogens is 1. The molecule has 19 heavy (non-hydrogen) atoms. The van der Waals surface area contributed by atoms with Crippen LogP contribution in [0.2, 0.25) is 5.02 Å². The van der Waals surface area contributed by atoms with Crippen LogP contribution in [0, 0.1) is 0 Å². The van der Waals surface area contributed by atoms with Crippen molar-refractivity contribution >= 4 is 17.4 Å². The fraction of sp³-hybridized carbons (Fsp3) is 0.188. The Hall–Kier alpha value is -1.80. The highest BCUT2D eigenvalue weighted by molar-refractivity contribution is 6.34. The van der Waals surface area contributed by atoms with Gasteiger partial charge in [0.2, 0.25) is 0 Å². The highest BCUT2D eigenvalue weighted by Gasteiger charge is 2.07. The highest BCUT2D eigenvalue weighted by atomic mass is 35.5.